The number of hydrogen-bond donors (Lipinski definition) is 4. The van der Waals surface area contributed by atoms with Gasteiger partial charge in [0.2, 0.25) is 0 Å². The van der Waals surface area contributed by atoms with E-state index in [-0.39, 0.29) is 16.9 Å². The summed E-state index contributed by atoms with van der Waals surface area (Å²) >= 11 is 4.61. The Kier molecular flexibility index (Phi) is 5.57. The molecular formula is C23H22FN9O2S. The number of aromatic amines is 2. The molecule has 0 aliphatic carbocycles. The Bertz CT molecular complexity index is 1630. The molecule has 1 aromatic carbocycles. The maximum Gasteiger partial charge on any atom is 0.261 e. The van der Waals surface area contributed by atoms with E-state index in [1.807, 2.05) is 6.07 Å². The zero-order chi connectivity index (χ0) is 24.8. The molecule has 11 nitrogen and oxygen atoms in total. The van der Waals surface area contributed by atoms with E-state index in [0.29, 0.717) is 54.4 Å². The van der Waals surface area contributed by atoms with Crippen molar-refractivity contribution in [3.63, 3.8) is 0 Å². The fourth-order valence-corrected chi connectivity index (χ4v) is 4.65. The highest BCUT2D eigenvalue weighted by Crippen LogP contribution is 2.34. The highest BCUT2D eigenvalue weighted by molar-refractivity contribution is 7.80. The summed E-state index contributed by atoms with van der Waals surface area (Å²) < 4.78 is 22.1. The summed E-state index contributed by atoms with van der Waals surface area (Å²) in [6, 6.07) is 4.99. The van der Waals surface area contributed by atoms with Crippen LogP contribution in [0.2, 0.25) is 0 Å². The fraction of sp³-hybridized carbons (Fsp3) is 0.261. The molecular weight excluding hydrogens is 485 g/mol. The molecule has 0 spiro atoms. The van der Waals surface area contributed by atoms with Crippen molar-refractivity contribution < 1.29 is 9.13 Å². The van der Waals surface area contributed by atoms with Crippen molar-refractivity contribution >= 4 is 46.1 Å². The van der Waals surface area contributed by atoms with Crippen molar-refractivity contribution in [2.24, 2.45) is 7.05 Å². The van der Waals surface area contributed by atoms with Gasteiger partial charge in [0.15, 0.2) is 11.6 Å². The number of anilines is 2. The van der Waals surface area contributed by atoms with Crippen molar-refractivity contribution in [3.8, 4) is 11.4 Å². The second-order valence-corrected chi connectivity index (χ2v) is 8.95. The number of aromatic nitrogens is 7. The van der Waals surface area contributed by atoms with Crippen LogP contribution in [-0.4, -0.2) is 61.0 Å². The second-order valence-electron chi connectivity index (χ2n) is 8.43. The number of benzene rings is 1. The monoisotopic (exact) mass is 507 g/mol. The fourth-order valence-electron chi connectivity index (χ4n) is 4.38. The van der Waals surface area contributed by atoms with E-state index in [9.17, 15) is 4.79 Å². The lowest BCUT2D eigenvalue weighted by atomic mass is 10.2. The van der Waals surface area contributed by atoms with Crippen LogP contribution in [0.1, 0.15) is 11.2 Å². The number of imidazole rings is 1. The molecule has 4 aromatic heterocycles. The first kappa shape index (κ1) is 22.5. The number of halogens is 1. The van der Waals surface area contributed by atoms with E-state index in [2.05, 4.69) is 52.9 Å². The zero-order valence-corrected chi connectivity index (χ0v) is 20.1. The van der Waals surface area contributed by atoms with E-state index in [4.69, 9.17) is 4.74 Å². The molecule has 1 atom stereocenters. The minimum atomic E-state index is -0.647. The first-order valence-electron chi connectivity index (χ1n) is 11.3. The van der Waals surface area contributed by atoms with Gasteiger partial charge in [0.25, 0.3) is 5.56 Å². The molecule has 5 heterocycles. The standard InChI is InChI=1S/C23H22FN9O2S/c1-32-11-15-18(31-32)19(30-23(36)21-25-3-2-4-26-21)16(22(34)28-15)20-27-14-10-12(9-13(24)17(14)29-20)33-5-7-35-8-6-33/h2-4,9-11,23,30,36H,5-8H2,1H3,(H,27,29)(H,28,34). The van der Waals surface area contributed by atoms with Gasteiger partial charge in [-0.3, -0.25) is 9.48 Å². The minimum absolute atomic E-state index is 0.141. The van der Waals surface area contributed by atoms with Gasteiger partial charge in [0, 0.05) is 44.4 Å². The van der Waals surface area contributed by atoms with Crippen molar-refractivity contribution in [2.75, 3.05) is 36.5 Å². The molecule has 0 bridgehead atoms. The highest BCUT2D eigenvalue weighted by atomic mass is 32.1. The number of fused-ring (bicyclic) bond motifs is 2. The number of morpholine rings is 1. The molecule has 6 rings (SSSR count). The van der Waals surface area contributed by atoms with E-state index >= 15 is 4.39 Å². The summed E-state index contributed by atoms with van der Waals surface area (Å²) in [5, 5.41) is 7.07. The molecule has 0 amide bonds. The number of thiol groups is 1. The molecule has 1 aliphatic heterocycles. The number of hydrogen-bond acceptors (Lipinski definition) is 9. The predicted octanol–water partition coefficient (Wildman–Crippen LogP) is 2.61. The van der Waals surface area contributed by atoms with Gasteiger partial charge in [0.05, 0.1) is 29.9 Å². The zero-order valence-electron chi connectivity index (χ0n) is 19.2. The summed E-state index contributed by atoms with van der Waals surface area (Å²) in [6.45, 7) is 2.50. The van der Waals surface area contributed by atoms with E-state index in [1.165, 1.54) is 6.07 Å². The molecule has 1 unspecified atom stereocenters. The van der Waals surface area contributed by atoms with Crippen molar-refractivity contribution in [1.29, 1.82) is 0 Å². The minimum Gasteiger partial charge on any atom is -0.378 e. The summed E-state index contributed by atoms with van der Waals surface area (Å²) in [5.74, 6) is 0.141. The highest BCUT2D eigenvalue weighted by Gasteiger charge is 2.24. The molecule has 0 radical (unpaired) electrons. The Morgan fingerprint density at radius 2 is 1.92 bits per heavy atom. The average molecular weight is 508 g/mol. The average Bonchev–Trinajstić information content (AvgIpc) is 3.48. The summed E-state index contributed by atoms with van der Waals surface area (Å²) in [7, 11) is 1.75. The van der Waals surface area contributed by atoms with E-state index in [0.717, 1.165) is 5.69 Å². The molecule has 0 saturated carbocycles. The van der Waals surface area contributed by atoms with Crippen LogP contribution < -0.4 is 15.8 Å². The Hall–Kier alpha value is -3.97. The summed E-state index contributed by atoms with van der Waals surface area (Å²) in [5.41, 5.74) is 2.52. The lowest BCUT2D eigenvalue weighted by molar-refractivity contribution is 0.122. The van der Waals surface area contributed by atoms with Crippen LogP contribution in [0.25, 0.3) is 33.5 Å². The summed E-state index contributed by atoms with van der Waals surface area (Å²) in [4.78, 5) is 34.3. The van der Waals surface area contributed by atoms with Gasteiger partial charge < -0.3 is 24.9 Å². The Morgan fingerprint density at radius 1 is 1.14 bits per heavy atom. The van der Waals surface area contributed by atoms with Gasteiger partial charge in [-0.05, 0) is 18.2 Å². The van der Waals surface area contributed by atoms with Crippen LogP contribution in [0.15, 0.2) is 41.6 Å². The van der Waals surface area contributed by atoms with Gasteiger partial charge >= 0.3 is 0 Å². The second kappa shape index (κ2) is 8.91. The van der Waals surface area contributed by atoms with Crippen molar-refractivity contribution in [1.82, 2.24) is 34.7 Å². The van der Waals surface area contributed by atoms with Crippen LogP contribution in [0.5, 0.6) is 0 Å². The van der Waals surface area contributed by atoms with Gasteiger partial charge in [-0.25, -0.2) is 19.3 Å². The van der Waals surface area contributed by atoms with Crippen LogP contribution in [0.4, 0.5) is 15.8 Å². The first-order valence-corrected chi connectivity index (χ1v) is 11.8. The third-order valence-corrected chi connectivity index (χ3v) is 6.40. The van der Waals surface area contributed by atoms with Gasteiger partial charge in [-0.1, -0.05) is 0 Å². The third-order valence-electron chi connectivity index (χ3n) is 6.04. The van der Waals surface area contributed by atoms with Crippen LogP contribution in [-0.2, 0) is 11.8 Å². The number of aryl methyl sites for hydroxylation is 1. The lowest BCUT2D eigenvalue weighted by Gasteiger charge is -2.28. The number of H-pyrrole nitrogens is 2. The van der Waals surface area contributed by atoms with Gasteiger partial charge in [0.1, 0.15) is 27.8 Å². The molecule has 3 N–H and O–H groups in total. The maximum atomic E-state index is 15.1. The molecule has 1 saturated heterocycles. The Balaban J connectivity index is 1.50. The number of rotatable bonds is 5. The van der Waals surface area contributed by atoms with Crippen molar-refractivity contribution in [2.45, 2.75) is 5.37 Å². The molecule has 36 heavy (non-hydrogen) atoms. The smallest absolute Gasteiger partial charge is 0.261 e. The number of pyridine rings is 1. The molecule has 184 valence electrons. The molecule has 1 fully saturated rings. The van der Waals surface area contributed by atoms with E-state index < -0.39 is 16.8 Å². The third kappa shape index (κ3) is 3.95. The van der Waals surface area contributed by atoms with Crippen LogP contribution in [0, 0.1) is 5.82 Å². The molecule has 13 heteroatoms. The normalized spacial score (nSPS) is 15.0. The number of nitrogens with one attached hydrogen (secondary N) is 3. The van der Waals surface area contributed by atoms with Gasteiger partial charge in [-0.15, -0.1) is 12.6 Å². The van der Waals surface area contributed by atoms with Gasteiger partial charge in [-0.2, -0.15) is 5.10 Å². The first-order chi connectivity index (χ1) is 17.5. The van der Waals surface area contributed by atoms with E-state index in [1.54, 1.807) is 36.4 Å². The SMILES string of the molecule is Cn1cc2[nH]c(=O)c(-c3nc4c(F)cc(N5CCOCC5)cc4[nH]3)c(NC(S)c3ncccn3)c2n1. The van der Waals surface area contributed by atoms with Crippen LogP contribution in [0.3, 0.4) is 0 Å². The van der Waals surface area contributed by atoms with Crippen LogP contribution >= 0.6 is 12.6 Å². The molecule has 1 aliphatic rings. The Labute approximate surface area is 209 Å². The molecule has 5 aromatic rings. The van der Waals surface area contributed by atoms with Crippen molar-refractivity contribution in [3.05, 3.63) is 58.8 Å². The predicted molar refractivity (Wildman–Crippen MR) is 137 cm³/mol. The maximum absolute atomic E-state index is 15.1. The quantitative estimate of drug-likeness (QED) is 0.211. The summed E-state index contributed by atoms with van der Waals surface area (Å²) in [6.07, 6.45) is 4.91. The lowest BCUT2D eigenvalue weighted by Crippen LogP contribution is -2.36. The number of ether oxygens (including phenoxy) is 1. The Morgan fingerprint density at radius 3 is 2.69 bits per heavy atom. The number of nitrogens with zero attached hydrogens (tertiary/aromatic N) is 6. The largest absolute Gasteiger partial charge is 0.378 e. The topological polar surface area (TPSA) is 130 Å².